The Morgan fingerprint density at radius 2 is 2.24 bits per heavy atom. The number of nitrogens with zero attached hydrogens (tertiary/aromatic N) is 3. The van der Waals surface area contributed by atoms with Crippen molar-refractivity contribution < 1.29 is 0 Å². The van der Waals surface area contributed by atoms with Crippen molar-refractivity contribution in [1.29, 1.82) is 0 Å². The minimum Gasteiger partial charge on any atom is -0.316 e. The third kappa shape index (κ3) is 3.14. The highest BCUT2D eigenvalue weighted by Crippen LogP contribution is 2.30. The fraction of sp³-hybridized carbons (Fsp3) is 0.625. The molecule has 0 spiro atoms. The second-order valence-electron chi connectivity index (χ2n) is 7.15. The molecule has 5 heteroatoms. The van der Waals surface area contributed by atoms with Gasteiger partial charge in [0.1, 0.15) is 0 Å². The third-order valence-corrected chi connectivity index (χ3v) is 4.78. The Labute approximate surface area is 134 Å². The lowest BCUT2D eigenvalue weighted by Gasteiger charge is -2.23. The number of halogens is 1. The molecule has 2 aromatic heterocycles. The first kappa shape index (κ1) is 15.0. The second-order valence-corrected chi connectivity index (χ2v) is 7.94. The van der Waals surface area contributed by atoms with Gasteiger partial charge in [0.25, 0.3) is 0 Å². The molecule has 21 heavy (non-hydrogen) atoms. The van der Waals surface area contributed by atoms with E-state index in [1.807, 2.05) is 10.7 Å². The van der Waals surface area contributed by atoms with E-state index in [9.17, 15) is 0 Å². The summed E-state index contributed by atoms with van der Waals surface area (Å²) in [5.74, 6) is 0.526. The average Bonchev–Trinajstić information content (AvgIpc) is 2.75. The number of nitrogens with one attached hydrogen (secondary N) is 1. The standard InChI is InChI=1S/C16H23BrN4/c1-16(2,3)9-12-14(17)15-19-8-6-13(21(15)20-12)11-5-4-7-18-10-11/h6,8,11,18H,4-5,7,9-10H2,1-3H3. The molecule has 1 aliphatic rings. The summed E-state index contributed by atoms with van der Waals surface area (Å²) >= 11 is 3.70. The van der Waals surface area contributed by atoms with Crippen molar-refractivity contribution in [3.63, 3.8) is 0 Å². The van der Waals surface area contributed by atoms with Crippen molar-refractivity contribution in [3.8, 4) is 0 Å². The van der Waals surface area contributed by atoms with Crippen LogP contribution in [0.5, 0.6) is 0 Å². The number of fused-ring (bicyclic) bond motifs is 1. The maximum absolute atomic E-state index is 4.85. The van der Waals surface area contributed by atoms with E-state index in [0.29, 0.717) is 5.92 Å². The van der Waals surface area contributed by atoms with Gasteiger partial charge in [-0.1, -0.05) is 20.8 Å². The lowest BCUT2D eigenvalue weighted by molar-refractivity contribution is 0.403. The molecule has 1 unspecified atom stereocenters. The second kappa shape index (κ2) is 5.69. The topological polar surface area (TPSA) is 42.2 Å². The number of aromatic nitrogens is 3. The van der Waals surface area contributed by atoms with Gasteiger partial charge in [-0.15, -0.1) is 0 Å². The van der Waals surface area contributed by atoms with Gasteiger partial charge in [-0.3, -0.25) is 0 Å². The molecule has 0 amide bonds. The van der Waals surface area contributed by atoms with Crippen LogP contribution in [-0.2, 0) is 6.42 Å². The van der Waals surface area contributed by atoms with Gasteiger partial charge in [-0.25, -0.2) is 9.50 Å². The molecule has 3 rings (SSSR count). The average molecular weight is 351 g/mol. The molecule has 0 radical (unpaired) electrons. The van der Waals surface area contributed by atoms with Crippen LogP contribution in [0.2, 0.25) is 0 Å². The van der Waals surface area contributed by atoms with E-state index >= 15 is 0 Å². The van der Waals surface area contributed by atoms with Gasteiger partial charge in [0.15, 0.2) is 5.65 Å². The van der Waals surface area contributed by atoms with Gasteiger partial charge in [0.2, 0.25) is 0 Å². The molecular formula is C16H23BrN4. The predicted octanol–water partition coefficient (Wildman–Crippen LogP) is 3.55. The summed E-state index contributed by atoms with van der Waals surface area (Å²) in [5, 5.41) is 8.34. The lowest BCUT2D eigenvalue weighted by Crippen LogP contribution is -2.29. The SMILES string of the molecule is CC(C)(C)Cc1nn2c(C3CCCNC3)ccnc2c1Br. The summed E-state index contributed by atoms with van der Waals surface area (Å²) < 4.78 is 3.09. The first-order valence-corrected chi connectivity index (χ1v) is 8.48. The van der Waals surface area contributed by atoms with Gasteiger partial charge in [0.05, 0.1) is 15.9 Å². The summed E-state index contributed by atoms with van der Waals surface area (Å²) in [5.41, 5.74) is 3.53. The number of hydrogen-bond acceptors (Lipinski definition) is 3. The molecule has 1 aliphatic heterocycles. The quantitative estimate of drug-likeness (QED) is 0.900. The molecule has 3 heterocycles. The maximum atomic E-state index is 4.85. The highest BCUT2D eigenvalue weighted by Gasteiger charge is 2.23. The number of rotatable bonds is 2. The van der Waals surface area contributed by atoms with Crippen LogP contribution in [0.25, 0.3) is 5.65 Å². The zero-order valence-electron chi connectivity index (χ0n) is 13.0. The monoisotopic (exact) mass is 350 g/mol. The van der Waals surface area contributed by atoms with Crippen molar-refractivity contribution in [2.75, 3.05) is 13.1 Å². The van der Waals surface area contributed by atoms with Crippen LogP contribution >= 0.6 is 15.9 Å². The largest absolute Gasteiger partial charge is 0.316 e. The van der Waals surface area contributed by atoms with E-state index in [-0.39, 0.29) is 5.41 Å². The molecule has 114 valence electrons. The molecule has 0 aromatic carbocycles. The van der Waals surface area contributed by atoms with E-state index in [0.717, 1.165) is 35.3 Å². The van der Waals surface area contributed by atoms with Crippen LogP contribution in [0.3, 0.4) is 0 Å². The normalized spacial score (nSPS) is 20.1. The van der Waals surface area contributed by atoms with Crippen LogP contribution in [0.15, 0.2) is 16.7 Å². The van der Waals surface area contributed by atoms with Gasteiger partial charge in [0, 0.05) is 18.7 Å². The molecule has 1 saturated heterocycles. The van der Waals surface area contributed by atoms with Crippen LogP contribution in [0.1, 0.15) is 50.9 Å². The summed E-state index contributed by atoms with van der Waals surface area (Å²) in [6.45, 7) is 8.88. The third-order valence-electron chi connectivity index (χ3n) is 3.97. The van der Waals surface area contributed by atoms with E-state index in [4.69, 9.17) is 5.10 Å². The van der Waals surface area contributed by atoms with Crippen LogP contribution in [0.4, 0.5) is 0 Å². The Balaban J connectivity index is 2.04. The maximum Gasteiger partial charge on any atom is 0.169 e. The summed E-state index contributed by atoms with van der Waals surface area (Å²) in [7, 11) is 0. The van der Waals surface area contributed by atoms with E-state index in [1.54, 1.807) is 0 Å². The molecule has 0 saturated carbocycles. The van der Waals surface area contributed by atoms with Crippen molar-refractivity contribution in [1.82, 2.24) is 19.9 Å². The number of piperidine rings is 1. The Morgan fingerprint density at radius 1 is 1.43 bits per heavy atom. The van der Waals surface area contributed by atoms with Crippen LogP contribution in [-0.4, -0.2) is 27.7 Å². The van der Waals surface area contributed by atoms with E-state index in [2.05, 4.69) is 53.1 Å². The zero-order chi connectivity index (χ0) is 15.0. The lowest BCUT2D eigenvalue weighted by atomic mass is 9.91. The summed E-state index contributed by atoms with van der Waals surface area (Å²) in [6.07, 6.45) is 5.30. The molecule has 1 atom stereocenters. The predicted molar refractivity (Wildman–Crippen MR) is 88.7 cm³/mol. The smallest absolute Gasteiger partial charge is 0.169 e. The van der Waals surface area contributed by atoms with Gasteiger partial charge >= 0.3 is 0 Å². The van der Waals surface area contributed by atoms with Gasteiger partial charge < -0.3 is 5.32 Å². The molecule has 2 aromatic rings. The minimum absolute atomic E-state index is 0.215. The molecule has 0 bridgehead atoms. The molecule has 0 aliphatic carbocycles. The van der Waals surface area contributed by atoms with Crippen LogP contribution < -0.4 is 5.32 Å². The van der Waals surface area contributed by atoms with Gasteiger partial charge in [-0.2, -0.15) is 5.10 Å². The number of hydrogen-bond donors (Lipinski definition) is 1. The Morgan fingerprint density at radius 3 is 2.90 bits per heavy atom. The molecule has 1 N–H and O–H groups in total. The van der Waals surface area contributed by atoms with E-state index in [1.165, 1.54) is 18.5 Å². The highest BCUT2D eigenvalue weighted by atomic mass is 79.9. The van der Waals surface area contributed by atoms with Crippen molar-refractivity contribution in [2.45, 2.75) is 46.0 Å². The Hall–Kier alpha value is -0.940. The fourth-order valence-corrected chi connectivity index (χ4v) is 3.50. The van der Waals surface area contributed by atoms with Crippen molar-refractivity contribution in [3.05, 3.63) is 28.1 Å². The first-order valence-electron chi connectivity index (χ1n) is 7.68. The van der Waals surface area contributed by atoms with Crippen LogP contribution in [0, 0.1) is 5.41 Å². The minimum atomic E-state index is 0.215. The molecule has 1 fully saturated rings. The fourth-order valence-electron chi connectivity index (χ4n) is 3.01. The zero-order valence-corrected chi connectivity index (χ0v) is 14.6. The molecular weight excluding hydrogens is 328 g/mol. The Bertz CT molecular complexity index is 635. The Kier molecular flexibility index (Phi) is 4.06. The first-order chi connectivity index (χ1) is 9.96. The highest BCUT2D eigenvalue weighted by molar-refractivity contribution is 9.10. The summed E-state index contributed by atoms with van der Waals surface area (Å²) in [6, 6.07) is 2.12. The summed E-state index contributed by atoms with van der Waals surface area (Å²) in [4.78, 5) is 4.52. The van der Waals surface area contributed by atoms with Gasteiger partial charge in [-0.05, 0) is 53.2 Å². The van der Waals surface area contributed by atoms with Crippen molar-refractivity contribution in [2.24, 2.45) is 5.41 Å². The molecule has 4 nitrogen and oxygen atoms in total. The van der Waals surface area contributed by atoms with Crippen molar-refractivity contribution >= 4 is 21.6 Å². The van der Waals surface area contributed by atoms with E-state index < -0.39 is 0 Å².